The predicted molar refractivity (Wildman–Crippen MR) is 134 cm³/mol. The Bertz CT molecular complexity index is 1100. The van der Waals surface area contributed by atoms with Crippen LogP contribution in [0.3, 0.4) is 0 Å². The summed E-state index contributed by atoms with van der Waals surface area (Å²) < 4.78 is 11.8. The normalized spacial score (nSPS) is 14.8. The second kappa shape index (κ2) is 10.4. The lowest BCUT2D eigenvalue weighted by atomic mass is 10.1. The molecule has 0 aliphatic carbocycles. The van der Waals surface area contributed by atoms with E-state index in [4.69, 9.17) is 9.47 Å². The number of ether oxygens (including phenoxy) is 2. The molecule has 0 unspecified atom stereocenters. The van der Waals surface area contributed by atoms with Crippen molar-refractivity contribution in [3.05, 3.63) is 55.5 Å². The largest absolute Gasteiger partial charge is 0.492 e. The van der Waals surface area contributed by atoms with Gasteiger partial charge in [-0.3, -0.25) is 19.3 Å². The maximum atomic E-state index is 12.8. The van der Waals surface area contributed by atoms with Crippen LogP contribution < -0.4 is 14.8 Å². The molecule has 2 aromatic rings. The number of anilines is 1. The van der Waals surface area contributed by atoms with Crippen LogP contribution in [0.5, 0.6) is 11.5 Å². The van der Waals surface area contributed by atoms with Gasteiger partial charge in [-0.15, -0.1) is 0 Å². The van der Waals surface area contributed by atoms with Crippen molar-refractivity contribution in [1.82, 2.24) is 4.90 Å². The van der Waals surface area contributed by atoms with Crippen LogP contribution in [0.2, 0.25) is 0 Å². The molecule has 1 heterocycles. The van der Waals surface area contributed by atoms with E-state index in [9.17, 15) is 14.4 Å². The molecule has 1 aliphatic rings. The van der Waals surface area contributed by atoms with Gasteiger partial charge in [-0.25, -0.2) is 0 Å². The van der Waals surface area contributed by atoms with Crippen LogP contribution in [0.25, 0.3) is 6.08 Å². The van der Waals surface area contributed by atoms with Crippen LogP contribution in [0, 0.1) is 17.4 Å². The Labute approximate surface area is 204 Å². The lowest BCUT2D eigenvalue weighted by Crippen LogP contribution is -2.36. The summed E-state index contributed by atoms with van der Waals surface area (Å²) >= 11 is 2.94. The van der Waals surface area contributed by atoms with Gasteiger partial charge in [-0.2, -0.15) is 0 Å². The van der Waals surface area contributed by atoms with Gasteiger partial charge in [0.15, 0.2) is 11.5 Å². The van der Waals surface area contributed by atoms with Crippen LogP contribution in [0.1, 0.15) is 23.6 Å². The number of imide groups is 1. The Morgan fingerprint density at radius 1 is 1.22 bits per heavy atom. The van der Waals surface area contributed by atoms with Gasteiger partial charge >= 0.3 is 0 Å². The molecule has 168 valence electrons. The summed E-state index contributed by atoms with van der Waals surface area (Å²) in [7, 11) is 1.56. The van der Waals surface area contributed by atoms with Crippen molar-refractivity contribution in [1.29, 1.82) is 0 Å². The number of nitrogens with one attached hydrogen (secondary N) is 1. The number of methoxy groups -OCH3 is 1. The molecular weight excluding hydrogens is 543 g/mol. The van der Waals surface area contributed by atoms with E-state index in [0.29, 0.717) is 29.4 Å². The number of nitrogens with zero attached hydrogens (tertiary/aromatic N) is 1. The van der Waals surface area contributed by atoms with Crippen molar-refractivity contribution < 1.29 is 23.9 Å². The fraction of sp³-hybridized carbons (Fsp3) is 0.261. The number of halogens is 1. The minimum atomic E-state index is -0.500. The average Bonchev–Trinajstić information content (AvgIpc) is 2.98. The first-order chi connectivity index (χ1) is 15.2. The molecule has 3 amide bonds. The highest BCUT2D eigenvalue weighted by Crippen LogP contribution is 2.37. The van der Waals surface area contributed by atoms with Gasteiger partial charge in [0.05, 0.1) is 22.2 Å². The van der Waals surface area contributed by atoms with Gasteiger partial charge in [0.2, 0.25) is 5.91 Å². The van der Waals surface area contributed by atoms with Crippen molar-refractivity contribution in [3.63, 3.8) is 0 Å². The molecule has 9 heteroatoms. The number of para-hydroxylation sites is 1. The third-order valence-corrected chi connectivity index (χ3v) is 6.46. The molecule has 1 N–H and O–H groups in total. The number of carbonyl (C=O) groups is 3. The highest BCUT2D eigenvalue weighted by Gasteiger charge is 2.36. The van der Waals surface area contributed by atoms with E-state index in [1.54, 1.807) is 19.3 Å². The van der Waals surface area contributed by atoms with Crippen LogP contribution in [0.4, 0.5) is 10.5 Å². The fourth-order valence-electron chi connectivity index (χ4n) is 3.25. The molecule has 0 atom stereocenters. The summed E-state index contributed by atoms with van der Waals surface area (Å²) in [5.74, 6) is 0.241. The highest BCUT2D eigenvalue weighted by atomic mass is 127. The molecule has 0 aromatic heterocycles. The third kappa shape index (κ3) is 5.26. The Morgan fingerprint density at radius 3 is 2.53 bits per heavy atom. The number of hydrogen-bond acceptors (Lipinski definition) is 6. The van der Waals surface area contributed by atoms with Gasteiger partial charge in [0, 0.05) is 5.69 Å². The summed E-state index contributed by atoms with van der Waals surface area (Å²) in [6, 6.07) is 9.27. The zero-order chi connectivity index (χ0) is 23.4. The topological polar surface area (TPSA) is 84.9 Å². The van der Waals surface area contributed by atoms with Crippen LogP contribution in [0.15, 0.2) is 35.2 Å². The second-order valence-corrected chi connectivity index (χ2v) is 9.21. The van der Waals surface area contributed by atoms with Crippen molar-refractivity contribution in [2.75, 3.05) is 25.6 Å². The first-order valence-corrected chi connectivity index (χ1v) is 11.8. The Balaban J connectivity index is 1.78. The summed E-state index contributed by atoms with van der Waals surface area (Å²) in [5.41, 5.74) is 3.21. The molecule has 1 saturated heterocycles. The quantitative estimate of drug-likeness (QED) is 0.376. The SMILES string of the molecule is CCOc1cc(/C=C2/SC(=O)N(CC(=O)Nc3c(C)cccc3C)C2=O)cc(I)c1OC. The molecular formula is C23H23IN2O5S. The van der Waals surface area contributed by atoms with Gasteiger partial charge in [0.1, 0.15) is 6.54 Å². The number of carbonyl (C=O) groups excluding carboxylic acids is 3. The lowest BCUT2D eigenvalue weighted by molar-refractivity contribution is -0.127. The monoisotopic (exact) mass is 566 g/mol. The maximum absolute atomic E-state index is 12.8. The molecule has 1 fully saturated rings. The van der Waals surface area contributed by atoms with E-state index in [1.165, 1.54) is 0 Å². The number of amides is 3. The zero-order valence-electron chi connectivity index (χ0n) is 18.2. The number of thioether (sulfide) groups is 1. The summed E-state index contributed by atoms with van der Waals surface area (Å²) in [6.07, 6.45) is 1.62. The first kappa shape index (κ1) is 24.1. The van der Waals surface area contributed by atoms with Crippen LogP contribution in [-0.4, -0.2) is 42.2 Å². The van der Waals surface area contributed by atoms with Crippen molar-refractivity contribution in [3.8, 4) is 11.5 Å². The van der Waals surface area contributed by atoms with E-state index >= 15 is 0 Å². The van der Waals surface area contributed by atoms with Crippen molar-refractivity contribution in [2.24, 2.45) is 0 Å². The van der Waals surface area contributed by atoms with E-state index < -0.39 is 17.1 Å². The highest BCUT2D eigenvalue weighted by molar-refractivity contribution is 14.1. The zero-order valence-corrected chi connectivity index (χ0v) is 21.1. The van der Waals surface area contributed by atoms with Crippen LogP contribution in [-0.2, 0) is 9.59 Å². The summed E-state index contributed by atoms with van der Waals surface area (Å²) in [6.45, 7) is 5.76. The van der Waals surface area contributed by atoms with E-state index in [2.05, 4.69) is 27.9 Å². The smallest absolute Gasteiger partial charge is 0.294 e. The molecule has 7 nitrogen and oxygen atoms in total. The van der Waals surface area contributed by atoms with Gasteiger partial charge in [-0.05, 0) is 90.0 Å². The molecule has 3 rings (SSSR count). The molecule has 0 spiro atoms. The Kier molecular flexibility index (Phi) is 7.83. The van der Waals surface area contributed by atoms with Gasteiger partial charge < -0.3 is 14.8 Å². The molecule has 1 aliphatic heterocycles. The van der Waals surface area contributed by atoms with E-state index in [1.807, 2.05) is 45.0 Å². The molecule has 2 aromatic carbocycles. The van der Waals surface area contributed by atoms with E-state index in [0.717, 1.165) is 31.4 Å². The van der Waals surface area contributed by atoms with Crippen molar-refractivity contribution in [2.45, 2.75) is 20.8 Å². The van der Waals surface area contributed by atoms with Crippen molar-refractivity contribution >= 4 is 63.2 Å². The number of benzene rings is 2. The Hall–Kier alpha value is -2.53. The van der Waals surface area contributed by atoms with Gasteiger partial charge in [-0.1, -0.05) is 18.2 Å². The minimum Gasteiger partial charge on any atom is -0.492 e. The lowest BCUT2D eigenvalue weighted by Gasteiger charge is -2.15. The molecule has 32 heavy (non-hydrogen) atoms. The summed E-state index contributed by atoms with van der Waals surface area (Å²) in [5, 5.41) is 2.33. The molecule has 0 saturated carbocycles. The van der Waals surface area contributed by atoms with Gasteiger partial charge in [0.25, 0.3) is 11.1 Å². The summed E-state index contributed by atoms with van der Waals surface area (Å²) in [4.78, 5) is 39.0. The standard InChI is InChI=1S/C23H23IN2O5S/c1-5-31-17-10-15(9-16(24)21(17)30-4)11-18-22(28)26(23(29)32-18)12-19(27)25-20-13(2)7-6-8-14(20)3/h6-11H,5,12H2,1-4H3,(H,25,27)/b18-11+. The number of hydrogen-bond donors (Lipinski definition) is 1. The minimum absolute atomic E-state index is 0.248. The second-order valence-electron chi connectivity index (χ2n) is 7.05. The predicted octanol–water partition coefficient (Wildman–Crippen LogP) is 4.99. The maximum Gasteiger partial charge on any atom is 0.294 e. The molecule has 0 radical (unpaired) electrons. The Morgan fingerprint density at radius 2 is 1.91 bits per heavy atom. The fourth-order valence-corrected chi connectivity index (χ4v) is 4.94. The number of aryl methyl sites for hydroxylation is 2. The van der Waals surface area contributed by atoms with Crippen LogP contribution >= 0.6 is 34.4 Å². The molecule has 0 bridgehead atoms. The number of rotatable bonds is 7. The third-order valence-electron chi connectivity index (χ3n) is 4.75. The van der Waals surface area contributed by atoms with E-state index in [-0.39, 0.29) is 11.4 Å². The average molecular weight is 566 g/mol. The first-order valence-electron chi connectivity index (χ1n) is 9.86.